The highest BCUT2D eigenvalue weighted by molar-refractivity contribution is 6.03. The molecule has 0 aliphatic carbocycles. The van der Waals surface area contributed by atoms with Gasteiger partial charge in [0.15, 0.2) is 5.76 Å². The van der Waals surface area contributed by atoms with Gasteiger partial charge in [-0.1, -0.05) is 19.9 Å². The van der Waals surface area contributed by atoms with Crippen LogP contribution in [0.2, 0.25) is 0 Å². The van der Waals surface area contributed by atoms with E-state index in [1.165, 1.54) is 6.26 Å². The summed E-state index contributed by atoms with van der Waals surface area (Å²) in [5, 5.41) is 15.3. The third kappa shape index (κ3) is 5.19. The molecule has 0 bridgehead atoms. The van der Waals surface area contributed by atoms with Gasteiger partial charge >= 0.3 is 0 Å². The zero-order valence-corrected chi connectivity index (χ0v) is 14.7. The number of rotatable bonds is 7. The van der Waals surface area contributed by atoms with Crippen LogP contribution in [0.15, 0.2) is 41.0 Å². The van der Waals surface area contributed by atoms with Gasteiger partial charge in [-0.3, -0.25) is 9.59 Å². The average Bonchev–Trinajstić information content (AvgIpc) is 3.11. The van der Waals surface area contributed by atoms with E-state index in [0.29, 0.717) is 24.2 Å². The lowest BCUT2D eigenvalue weighted by atomic mass is 10.0. The number of amides is 2. The first-order valence-electron chi connectivity index (χ1n) is 8.30. The Labute approximate surface area is 147 Å². The molecule has 0 fully saturated rings. The Morgan fingerprint density at radius 3 is 2.60 bits per heavy atom. The summed E-state index contributed by atoms with van der Waals surface area (Å²) in [7, 11) is 0. The molecule has 6 heteroatoms. The molecule has 0 aliphatic rings. The Hall–Kier alpha value is -2.60. The Morgan fingerprint density at radius 2 is 1.96 bits per heavy atom. The topological polar surface area (TPSA) is 91.6 Å². The lowest BCUT2D eigenvalue weighted by molar-refractivity contribution is 0.0918. The van der Waals surface area contributed by atoms with Crippen LogP contribution in [0.5, 0.6) is 0 Å². The number of aliphatic hydroxyl groups excluding tert-OH is 1. The summed E-state index contributed by atoms with van der Waals surface area (Å²) < 4.78 is 5.06. The van der Waals surface area contributed by atoms with Crippen molar-refractivity contribution in [3.8, 4) is 0 Å². The number of carbonyl (C=O) groups excluding carboxylic acids is 2. The summed E-state index contributed by atoms with van der Waals surface area (Å²) in [5.41, 5.74) is 1.84. The molecule has 6 nitrogen and oxygen atoms in total. The molecule has 0 spiro atoms. The van der Waals surface area contributed by atoms with Crippen molar-refractivity contribution in [1.29, 1.82) is 0 Å². The largest absolute Gasteiger partial charge is 0.459 e. The number of nitrogens with one attached hydrogen (secondary N) is 2. The first-order valence-corrected chi connectivity index (χ1v) is 8.30. The summed E-state index contributed by atoms with van der Waals surface area (Å²) >= 11 is 0. The minimum atomic E-state index is -0.443. The lowest BCUT2D eigenvalue weighted by Gasteiger charge is -2.15. The molecule has 1 atom stereocenters. The maximum atomic E-state index is 12.3. The lowest BCUT2D eigenvalue weighted by Crippen LogP contribution is -2.28. The molecule has 25 heavy (non-hydrogen) atoms. The van der Waals surface area contributed by atoms with Gasteiger partial charge in [-0.2, -0.15) is 0 Å². The molecule has 1 aromatic heterocycles. The Balaban J connectivity index is 2.00. The molecular weight excluding hydrogens is 320 g/mol. The highest BCUT2D eigenvalue weighted by atomic mass is 16.3. The van der Waals surface area contributed by atoms with Crippen molar-refractivity contribution in [2.24, 2.45) is 5.92 Å². The number of anilines is 1. The van der Waals surface area contributed by atoms with Gasteiger partial charge in [0.25, 0.3) is 11.8 Å². The maximum absolute atomic E-state index is 12.3. The molecular formula is C19H24N2O4. The monoisotopic (exact) mass is 344 g/mol. The van der Waals surface area contributed by atoms with E-state index in [1.807, 2.05) is 20.8 Å². The van der Waals surface area contributed by atoms with Crippen molar-refractivity contribution in [2.75, 3.05) is 11.9 Å². The maximum Gasteiger partial charge on any atom is 0.291 e. The Bertz CT molecular complexity index is 723. The van der Waals surface area contributed by atoms with Gasteiger partial charge in [-0.05, 0) is 49.1 Å². The number of hydrogen-bond acceptors (Lipinski definition) is 4. The third-order valence-electron chi connectivity index (χ3n) is 3.99. The van der Waals surface area contributed by atoms with Gasteiger partial charge in [0, 0.05) is 17.8 Å². The predicted molar refractivity (Wildman–Crippen MR) is 95.6 cm³/mol. The molecule has 0 saturated carbocycles. The number of benzene rings is 1. The fourth-order valence-electron chi connectivity index (χ4n) is 2.26. The summed E-state index contributed by atoms with van der Waals surface area (Å²) in [6.45, 7) is 6.10. The molecule has 0 aliphatic heterocycles. The van der Waals surface area contributed by atoms with Gasteiger partial charge in [-0.15, -0.1) is 0 Å². The van der Waals surface area contributed by atoms with Crippen molar-refractivity contribution in [2.45, 2.75) is 33.3 Å². The molecule has 0 saturated heterocycles. The van der Waals surface area contributed by atoms with E-state index in [-0.39, 0.29) is 23.5 Å². The average molecular weight is 344 g/mol. The van der Waals surface area contributed by atoms with Crippen molar-refractivity contribution in [3.63, 3.8) is 0 Å². The van der Waals surface area contributed by atoms with Crippen LogP contribution in [-0.2, 0) is 0 Å². The fraction of sp³-hybridized carbons (Fsp3) is 0.368. The molecule has 1 unspecified atom stereocenters. The molecule has 3 N–H and O–H groups in total. The molecule has 2 aromatic rings. The normalized spacial score (nSPS) is 12.0. The van der Waals surface area contributed by atoms with Crippen molar-refractivity contribution >= 4 is 17.5 Å². The van der Waals surface area contributed by atoms with E-state index in [1.54, 1.807) is 30.3 Å². The van der Waals surface area contributed by atoms with Crippen LogP contribution < -0.4 is 10.6 Å². The zero-order valence-electron chi connectivity index (χ0n) is 14.7. The number of aryl methyl sites for hydroxylation is 1. The van der Waals surface area contributed by atoms with Crippen LogP contribution in [0.25, 0.3) is 0 Å². The number of hydrogen-bond donors (Lipinski definition) is 3. The van der Waals surface area contributed by atoms with Crippen LogP contribution in [-0.4, -0.2) is 29.6 Å². The van der Waals surface area contributed by atoms with E-state index in [2.05, 4.69) is 10.6 Å². The summed E-state index contributed by atoms with van der Waals surface area (Å²) in [6, 6.07) is 8.31. The summed E-state index contributed by atoms with van der Waals surface area (Å²) in [4.78, 5) is 24.3. The van der Waals surface area contributed by atoms with E-state index >= 15 is 0 Å². The first-order chi connectivity index (χ1) is 11.9. The third-order valence-corrected chi connectivity index (χ3v) is 3.99. The second-order valence-electron chi connectivity index (χ2n) is 6.32. The van der Waals surface area contributed by atoms with Crippen LogP contribution in [0.3, 0.4) is 0 Å². The summed E-state index contributed by atoms with van der Waals surface area (Å²) in [6.07, 6.45) is 1.48. The van der Waals surface area contributed by atoms with E-state index in [4.69, 9.17) is 4.42 Å². The fourth-order valence-corrected chi connectivity index (χ4v) is 2.26. The van der Waals surface area contributed by atoms with Crippen LogP contribution in [0.4, 0.5) is 5.69 Å². The van der Waals surface area contributed by atoms with Crippen molar-refractivity contribution in [1.82, 2.24) is 5.32 Å². The molecule has 1 aromatic carbocycles. The SMILES string of the molecule is Cc1ccc(C(=O)NCCC(O)C(C)C)cc1NC(=O)c1ccco1. The molecule has 2 amide bonds. The standard InChI is InChI=1S/C19H24N2O4/c1-12(2)16(22)8-9-20-18(23)14-7-6-13(3)15(11-14)21-19(24)17-5-4-10-25-17/h4-7,10-12,16,22H,8-9H2,1-3H3,(H,20,23)(H,21,24). The molecule has 134 valence electrons. The zero-order chi connectivity index (χ0) is 18.4. The number of furan rings is 1. The number of carbonyl (C=O) groups is 2. The second kappa shape index (κ2) is 8.48. The van der Waals surface area contributed by atoms with E-state index < -0.39 is 6.10 Å². The first kappa shape index (κ1) is 18.7. The predicted octanol–water partition coefficient (Wildman–Crippen LogP) is 2.98. The van der Waals surface area contributed by atoms with Gasteiger partial charge in [0.05, 0.1) is 12.4 Å². The quantitative estimate of drug-likeness (QED) is 0.720. The van der Waals surface area contributed by atoms with E-state index in [9.17, 15) is 14.7 Å². The van der Waals surface area contributed by atoms with Crippen LogP contribution >= 0.6 is 0 Å². The molecule has 0 radical (unpaired) electrons. The number of aliphatic hydroxyl groups is 1. The van der Waals surface area contributed by atoms with Crippen molar-refractivity contribution < 1.29 is 19.1 Å². The minimum Gasteiger partial charge on any atom is -0.459 e. The van der Waals surface area contributed by atoms with Crippen molar-refractivity contribution in [3.05, 3.63) is 53.5 Å². The van der Waals surface area contributed by atoms with E-state index in [0.717, 1.165) is 5.56 Å². The summed E-state index contributed by atoms with van der Waals surface area (Å²) in [5.74, 6) is -0.258. The van der Waals surface area contributed by atoms with Gasteiger partial charge in [0.2, 0.25) is 0 Å². The van der Waals surface area contributed by atoms with Gasteiger partial charge in [0.1, 0.15) is 0 Å². The van der Waals surface area contributed by atoms with Gasteiger partial charge in [-0.25, -0.2) is 0 Å². The minimum absolute atomic E-state index is 0.152. The molecule has 2 rings (SSSR count). The van der Waals surface area contributed by atoms with Crippen LogP contribution in [0.1, 0.15) is 46.7 Å². The Kier molecular flexibility index (Phi) is 6.36. The Morgan fingerprint density at radius 1 is 1.20 bits per heavy atom. The van der Waals surface area contributed by atoms with Crippen LogP contribution in [0, 0.1) is 12.8 Å². The van der Waals surface area contributed by atoms with Gasteiger partial charge < -0.3 is 20.2 Å². The second-order valence-corrected chi connectivity index (χ2v) is 6.32. The highest BCUT2D eigenvalue weighted by Crippen LogP contribution is 2.18. The highest BCUT2D eigenvalue weighted by Gasteiger charge is 2.14. The molecule has 1 heterocycles. The smallest absolute Gasteiger partial charge is 0.291 e.